The molecule has 0 N–H and O–H groups in total. The molecule has 2 rings (SSSR count). The van der Waals surface area contributed by atoms with E-state index in [1.54, 1.807) is 0 Å². The molecule has 0 aromatic carbocycles. The highest BCUT2D eigenvalue weighted by atomic mass is 16.2. The van der Waals surface area contributed by atoms with Crippen LogP contribution in [0.2, 0.25) is 0 Å². The fraction of sp³-hybridized carbons (Fsp3) is 0.550. The third kappa shape index (κ3) is 4.97. The number of hydrogen-bond donors (Lipinski definition) is 0. The first-order valence-electron chi connectivity index (χ1n) is 9.05. The van der Waals surface area contributed by atoms with Gasteiger partial charge in [-0.2, -0.15) is 0 Å². The molecule has 0 saturated carbocycles. The van der Waals surface area contributed by atoms with Gasteiger partial charge in [0.05, 0.1) is 26.2 Å². The largest absolute Gasteiger partial charge is 0.331 e. The summed E-state index contributed by atoms with van der Waals surface area (Å²) >= 11 is 0. The molecule has 1 saturated heterocycles. The summed E-state index contributed by atoms with van der Waals surface area (Å²) in [6.07, 6.45) is 16.3. The number of amides is 3. The van der Waals surface area contributed by atoms with E-state index in [1.807, 2.05) is 4.90 Å². The molecule has 2 heterocycles. The monoisotopic (exact) mass is 356 g/mol. The van der Waals surface area contributed by atoms with E-state index in [4.69, 9.17) is 12.8 Å². The number of nitrogens with zero attached hydrogens (tertiary/aromatic N) is 3. The lowest BCUT2D eigenvalue weighted by Gasteiger charge is -2.42. The molecule has 6 nitrogen and oxygen atoms in total. The van der Waals surface area contributed by atoms with E-state index in [0.717, 1.165) is 32.4 Å². The molecule has 0 aromatic heterocycles. The number of rotatable bonds is 8. The van der Waals surface area contributed by atoms with Gasteiger partial charge < -0.3 is 9.38 Å². The zero-order valence-electron chi connectivity index (χ0n) is 15.2. The van der Waals surface area contributed by atoms with Crippen molar-refractivity contribution in [2.24, 2.45) is 0 Å². The third-order valence-electron chi connectivity index (χ3n) is 5.07. The Morgan fingerprint density at radius 2 is 1.58 bits per heavy atom. The van der Waals surface area contributed by atoms with Crippen LogP contribution in [0.3, 0.4) is 0 Å². The summed E-state index contributed by atoms with van der Waals surface area (Å²) in [6.45, 7) is 4.60. The normalized spacial score (nSPS) is 18.7. The van der Waals surface area contributed by atoms with Gasteiger partial charge in [-0.25, -0.2) is 0 Å². The molecule has 0 aromatic rings. The number of hydrogen-bond acceptors (Lipinski definition) is 3. The van der Waals surface area contributed by atoms with Crippen molar-refractivity contribution in [1.29, 1.82) is 0 Å². The molecule has 0 atom stereocenters. The lowest BCUT2D eigenvalue weighted by Crippen LogP contribution is -2.60. The lowest BCUT2D eigenvalue weighted by molar-refractivity contribution is -0.918. The minimum Gasteiger partial charge on any atom is -0.331 e. The van der Waals surface area contributed by atoms with Crippen LogP contribution < -0.4 is 0 Å². The van der Waals surface area contributed by atoms with Gasteiger partial charge in [-0.3, -0.25) is 19.3 Å². The second-order valence-electron chi connectivity index (χ2n) is 6.87. The minimum atomic E-state index is -0.250. The van der Waals surface area contributed by atoms with Gasteiger partial charge in [-0.05, 0) is 24.7 Å². The van der Waals surface area contributed by atoms with Gasteiger partial charge in [0.15, 0.2) is 0 Å². The maximum Gasteiger partial charge on any atom is 0.253 e. The Morgan fingerprint density at radius 3 is 2.12 bits per heavy atom. The van der Waals surface area contributed by atoms with Crippen LogP contribution in [0, 0.1) is 24.7 Å². The number of carbonyl (C=O) groups is 3. The summed E-state index contributed by atoms with van der Waals surface area (Å²) in [5.41, 5.74) is 0. The Labute approximate surface area is 155 Å². The lowest BCUT2D eigenvalue weighted by atomic mass is 10.1. The topological polar surface area (TPSA) is 57.7 Å². The number of quaternary nitrogens is 1. The van der Waals surface area contributed by atoms with Crippen LogP contribution in [0.5, 0.6) is 0 Å². The zero-order chi connectivity index (χ0) is 19.0. The van der Waals surface area contributed by atoms with Gasteiger partial charge in [0.25, 0.3) is 11.8 Å². The summed E-state index contributed by atoms with van der Waals surface area (Å²) < 4.78 is 0.697. The van der Waals surface area contributed by atoms with Crippen molar-refractivity contribution in [3.63, 3.8) is 0 Å². The van der Waals surface area contributed by atoms with E-state index in [9.17, 15) is 14.4 Å². The molecule has 0 bridgehead atoms. The van der Waals surface area contributed by atoms with Crippen molar-refractivity contribution < 1.29 is 18.9 Å². The molecule has 0 spiro atoms. The Balaban J connectivity index is 1.65. The zero-order valence-corrected chi connectivity index (χ0v) is 15.2. The summed E-state index contributed by atoms with van der Waals surface area (Å²) in [6, 6.07) is 0. The van der Waals surface area contributed by atoms with E-state index in [1.165, 1.54) is 17.1 Å². The maximum absolute atomic E-state index is 12.4. The van der Waals surface area contributed by atoms with Crippen molar-refractivity contribution >= 4 is 17.7 Å². The fourth-order valence-electron chi connectivity index (χ4n) is 3.43. The fourth-order valence-corrected chi connectivity index (χ4v) is 3.43. The summed E-state index contributed by atoms with van der Waals surface area (Å²) in [5.74, 6) is 5.06. The summed E-state index contributed by atoms with van der Waals surface area (Å²) in [4.78, 5) is 38.4. The third-order valence-corrected chi connectivity index (χ3v) is 5.07. The molecule has 0 unspecified atom stereocenters. The summed E-state index contributed by atoms with van der Waals surface area (Å²) in [5, 5.41) is 0. The smallest absolute Gasteiger partial charge is 0.253 e. The molecular formula is C20H26N3O3+. The molecule has 2 aliphatic heterocycles. The Kier molecular flexibility index (Phi) is 7.00. The molecule has 2 aliphatic rings. The quantitative estimate of drug-likeness (QED) is 0.274. The first-order chi connectivity index (χ1) is 12.5. The Hall–Kier alpha value is -2.57. The van der Waals surface area contributed by atoms with Crippen LogP contribution in [0.15, 0.2) is 12.2 Å². The maximum atomic E-state index is 12.4. The molecule has 1 fully saturated rings. The van der Waals surface area contributed by atoms with E-state index in [2.05, 4.69) is 11.8 Å². The van der Waals surface area contributed by atoms with Crippen LogP contribution in [0.1, 0.15) is 25.7 Å². The van der Waals surface area contributed by atoms with Crippen molar-refractivity contribution in [2.45, 2.75) is 25.7 Å². The van der Waals surface area contributed by atoms with Crippen LogP contribution in [0.4, 0.5) is 0 Å². The molecule has 26 heavy (non-hydrogen) atoms. The van der Waals surface area contributed by atoms with E-state index in [0.29, 0.717) is 43.6 Å². The van der Waals surface area contributed by atoms with Crippen molar-refractivity contribution in [3.8, 4) is 24.7 Å². The van der Waals surface area contributed by atoms with Gasteiger partial charge in [0.1, 0.15) is 13.1 Å². The number of imide groups is 1. The van der Waals surface area contributed by atoms with E-state index in [-0.39, 0.29) is 17.7 Å². The van der Waals surface area contributed by atoms with Crippen molar-refractivity contribution in [1.82, 2.24) is 9.80 Å². The Morgan fingerprint density at radius 1 is 1.00 bits per heavy atom. The first-order valence-corrected chi connectivity index (χ1v) is 9.05. The van der Waals surface area contributed by atoms with Crippen molar-refractivity contribution in [2.75, 3.05) is 45.8 Å². The van der Waals surface area contributed by atoms with Crippen LogP contribution in [0.25, 0.3) is 0 Å². The molecule has 3 amide bonds. The highest BCUT2D eigenvalue weighted by Crippen LogP contribution is 2.15. The number of unbranched alkanes of at least 4 members (excludes halogenated alkanes) is 2. The molecule has 6 heteroatoms. The predicted octanol–water partition coefficient (Wildman–Crippen LogP) is 0.397. The highest BCUT2D eigenvalue weighted by molar-refractivity contribution is 6.12. The number of terminal acetylenes is 2. The standard InChI is InChI=1S/C20H26N3O3/c1-3-14-23(15-4-2)16-12-21(13-17-23)18(24)8-6-5-7-11-22-19(25)9-10-20(22)26/h1-2,9-10H,5-8,11-17H2/q+1. The van der Waals surface area contributed by atoms with Gasteiger partial charge in [0, 0.05) is 25.1 Å². The van der Waals surface area contributed by atoms with Gasteiger partial charge >= 0.3 is 0 Å². The van der Waals surface area contributed by atoms with E-state index >= 15 is 0 Å². The average molecular weight is 356 g/mol. The van der Waals surface area contributed by atoms with Crippen molar-refractivity contribution in [3.05, 3.63) is 12.2 Å². The predicted molar refractivity (Wildman–Crippen MR) is 98.3 cm³/mol. The second-order valence-corrected chi connectivity index (χ2v) is 6.87. The minimum absolute atomic E-state index is 0.152. The second kappa shape index (κ2) is 9.22. The van der Waals surface area contributed by atoms with Gasteiger partial charge in [-0.15, -0.1) is 12.8 Å². The molecule has 138 valence electrons. The SMILES string of the molecule is C#CC[N+]1(CC#C)CCN(C(=O)CCCCCN2C(=O)C=CC2=O)CC1. The first kappa shape index (κ1) is 19.8. The van der Waals surface area contributed by atoms with Crippen LogP contribution >= 0.6 is 0 Å². The average Bonchev–Trinajstić information content (AvgIpc) is 2.94. The van der Waals surface area contributed by atoms with Gasteiger partial charge in [-0.1, -0.05) is 6.42 Å². The molecular weight excluding hydrogens is 330 g/mol. The summed E-state index contributed by atoms with van der Waals surface area (Å²) in [7, 11) is 0. The van der Waals surface area contributed by atoms with Crippen LogP contribution in [-0.4, -0.2) is 77.8 Å². The molecule has 0 aliphatic carbocycles. The van der Waals surface area contributed by atoms with Crippen LogP contribution in [-0.2, 0) is 14.4 Å². The van der Waals surface area contributed by atoms with E-state index < -0.39 is 0 Å². The molecule has 0 radical (unpaired) electrons. The Bertz CT molecular complexity index is 625. The number of carbonyl (C=O) groups excluding carboxylic acids is 3. The van der Waals surface area contributed by atoms with Gasteiger partial charge in [0.2, 0.25) is 5.91 Å². The highest BCUT2D eigenvalue weighted by Gasteiger charge is 2.33. The number of piperazine rings is 1.